The number of para-hydroxylation sites is 1. The summed E-state index contributed by atoms with van der Waals surface area (Å²) >= 11 is 0. The minimum absolute atomic E-state index is 0.0627. The van der Waals surface area contributed by atoms with E-state index in [-0.39, 0.29) is 12.5 Å². The van der Waals surface area contributed by atoms with Crippen LogP contribution in [0.3, 0.4) is 0 Å². The zero-order chi connectivity index (χ0) is 20.5. The highest BCUT2D eigenvalue weighted by Crippen LogP contribution is 2.29. The van der Waals surface area contributed by atoms with Crippen LogP contribution in [0.1, 0.15) is 45.1 Å². The van der Waals surface area contributed by atoms with Crippen molar-refractivity contribution in [2.24, 2.45) is 5.92 Å². The Bertz CT molecular complexity index is 771. The van der Waals surface area contributed by atoms with Crippen LogP contribution in [0.4, 0.5) is 5.69 Å². The van der Waals surface area contributed by atoms with Crippen molar-refractivity contribution >= 4 is 11.6 Å². The van der Waals surface area contributed by atoms with Gasteiger partial charge in [-0.15, -0.1) is 0 Å². The first-order valence-electron chi connectivity index (χ1n) is 10.6. The Labute approximate surface area is 173 Å². The second kappa shape index (κ2) is 10.9. The molecule has 1 saturated carbocycles. The largest absolute Gasteiger partial charge is 0.490 e. The zero-order valence-electron chi connectivity index (χ0n) is 17.4. The molecule has 1 fully saturated rings. The predicted octanol–water partition coefficient (Wildman–Crippen LogP) is 4.77. The van der Waals surface area contributed by atoms with E-state index in [1.54, 1.807) is 0 Å². The number of carbonyl (C=O) groups is 1. The van der Waals surface area contributed by atoms with Gasteiger partial charge in [0.2, 0.25) is 0 Å². The molecule has 0 radical (unpaired) electrons. The summed E-state index contributed by atoms with van der Waals surface area (Å²) in [6, 6.07) is 15.9. The summed E-state index contributed by atoms with van der Waals surface area (Å²) in [6.07, 6.45) is 5.10. The third-order valence-corrected chi connectivity index (χ3v) is 5.33. The van der Waals surface area contributed by atoms with E-state index in [1.807, 2.05) is 55.5 Å². The number of amides is 1. The van der Waals surface area contributed by atoms with Crippen molar-refractivity contribution in [3.8, 4) is 11.5 Å². The molecule has 0 heterocycles. The van der Waals surface area contributed by atoms with Crippen LogP contribution in [-0.4, -0.2) is 25.2 Å². The molecular formula is C24H32N2O3. The first-order valence-corrected chi connectivity index (χ1v) is 10.6. The molecule has 1 aliphatic carbocycles. The Morgan fingerprint density at radius 2 is 1.76 bits per heavy atom. The van der Waals surface area contributed by atoms with Crippen LogP contribution in [0.5, 0.6) is 11.5 Å². The van der Waals surface area contributed by atoms with Crippen LogP contribution in [0, 0.1) is 5.92 Å². The third kappa shape index (κ3) is 6.79. The average Bonchev–Trinajstić information content (AvgIpc) is 2.73. The summed E-state index contributed by atoms with van der Waals surface area (Å²) in [5.74, 6) is 1.92. The molecule has 2 N–H and O–H groups in total. The van der Waals surface area contributed by atoms with Crippen molar-refractivity contribution in [2.75, 3.05) is 18.5 Å². The molecule has 5 nitrogen and oxygen atoms in total. The molecule has 0 unspecified atom stereocenters. The highest BCUT2D eigenvalue weighted by Gasteiger charge is 2.18. The molecule has 1 aliphatic rings. The lowest BCUT2D eigenvalue weighted by molar-refractivity contribution is -0.118. The maximum atomic E-state index is 12.1. The van der Waals surface area contributed by atoms with Crippen molar-refractivity contribution in [1.82, 2.24) is 5.32 Å². The van der Waals surface area contributed by atoms with E-state index in [2.05, 4.69) is 17.6 Å². The molecule has 0 aromatic heterocycles. The summed E-state index contributed by atoms with van der Waals surface area (Å²) in [7, 11) is 0. The molecule has 2 aromatic carbocycles. The molecule has 0 bridgehead atoms. The molecule has 1 amide bonds. The van der Waals surface area contributed by atoms with Gasteiger partial charge in [0, 0.05) is 18.3 Å². The first kappa shape index (κ1) is 21.2. The summed E-state index contributed by atoms with van der Waals surface area (Å²) < 4.78 is 11.5. The van der Waals surface area contributed by atoms with Crippen molar-refractivity contribution in [1.29, 1.82) is 0 Å². The van der Waals surface area contributed by atoms with E-state index < -0.39 is 0 Å². The molecule has 29 heavy (non-hydrogen) atoms. The van der Waals surface area contributed by atoms with E-state index in [9.17, 15) is 4.79 Å². The molecule has 0 atom stereocenters. The molecule has 2 aromatic rings. The smallest absolute Gasteiger partial charge is 0.262 e. The number of benzene rings is 2. The van der Waals surface area contributed by atoms with Gasteiger partial charge in [-0.05, 0) is 68.4 Å². The van der Waals surface area contributed by atoms with E-state index >= 15 is 0 Å². The Kier molecular flexibility index (Phi) is 7.94. The number of carbonyl (C=O) groups excluding carboxylic acids is 1. The van der Waals surface area contributed by atoms with Crippen LogP contribution >= 0.6 is 0 Å². The lowest BCUT2D eigenvalue weighted by atomic mass is 9.87. The van der Waals surface area contributed by atoms with Gasteiger partial charge < -0.3 is 20.1 Å². The molecule has 0 spiro atoms. The molecule has 5 heteroatoms. The minimum Gasteiger partial charge on any atom is -0.490 e. The van der Waals surface area contributed by atoms with E-state index in [0.717, 1.165) is 23.7 Å². The standard InChI is InChI=1S/C24H32N2O3/c1-3-28-23-15-19(16-25-20-12-9-18(2)10-13-20)11-14-22(23)29-17-24(27)26-21-7-5-4-6-8-21/h4-8,11,14-15,18,20,25H,3,9-10,12-13,16-17H2,1-2H3,(H,26,27). The van der Waals surface area contributed by atoms with Crippen LogP contribution in [-0.2, 0) is 11.3 Å². The maximum absolute atomic E-state index is 12.1. The summed E-state index contributed by atoms with van der Waals surface area (Å²) in [5, 5.41) is 6.48. The van der Waals surface area contributed by atoms with Crippen molar-refractivity contribution in [3.05, 3.63) is 54.1 Å². The lowest BCUT2D eigenvalue weighted by Gasteiger charge is -2.27. The number of ether oxygens (including phenoxy) is 2. The SMILES string of the molecule is CCOc1cc(CNC2CCC(C)CC2)ccc1OCC(=O)Nc1ccccc1. The highest BCUT2D eigenvalue weighted by molar-refractivity contribution is 5.91. The highest BCUT2D eigenvalue weighted by atomic mass is 16.5. The first-order chi connectivity index (χ1) is 14.1. The zero-order valence-corrected chi connectivity index (χ0v) is 17.4. The monoisotopic (exact) mass is 396 g/mol. The second-order valence-electron chi connectivity index (χ2n) is 7.75. The topological polar surface area (TPSA) is 59.6 Å². The Morgan fingerprint density at radius 1 is 1.00 bits per heavy atom. The van der Waals surface area contributed by atoms with Gasteiger partial charge in [0.1, 0.15) is 0 Å². The second-order valence-corrected chi connectivity index (χ2v) is 7.75. The van der Waals surface area contributed by atoms with Gasteiger partial charge in [-0.1, -0.05) is 31.2 Å². The fourth-order valence-electron chi connectivity index (χ4n) is 3.64. The lowest BCUT2D eigenvalue weighted by Crippen LogP contribution is -2.32. The average molecular weight is 397 g/mol. The van der Waals surface area contributed by atoms with Crippen LogP contribution in [0.25, 0.3) is 0 Å². The number of nitrogens with one attached hydrogen (secondary N) is 2. The Hall–Kier alpha value is -2.53. The van der Waals surface area contributed by atoms with E-state index in [4.69, 9.17) is 9.47 Å². The molecule has 3 rings (SSSR count). The molecule has 156 valence electrons. The van der Waals surface area contributed by atoms with Gasteiger partial charge >= 0.3 is 0 Å². The minimum atomic E-state index is -0.198. The summed E-state index contributed by atoms with van der Waals surface area (Å²) in [6.45, 7) is 5.58. The quantitative estimate of drug-likeness (QED) is 0.641. The fourth-order valence-corrected chi connectivity index (χ4v) is 3.64. The van der Waals surface area contributed by atoms with Gasteiger partial charge in [0.25, 0.3) is 5.91 Å². The van der Waals surface area contributed by atoms with Crippen LogP contribution < -0.4 is 20.1 Å². The van der Waals surface area contributed by atoms with Gasteiger partial charge in [0.05, 0.1) is 6.61 Å². The van der Waals surface area contributed by atoms with Crippen LogP contribution in [0.15, 0.2) is 48.5 Å². The Balaban J connectivity index is 1.53. The summed E-state index contributed by atoms with van der Waals surface area (Å²) in [5.41, 5.74) is 1.91. The van der Waals surface area contributed by atoms with Crippen molar-refractivity contribution in [3.63, 3.8) is 0 Å². The molecule has 0 saturated heterocycles. The number of hydrogen-bond acceptors (Lipinski definition) is 4. The molecule has 0 aliphatic heterocycles. The fraction of sp³-hybridized carbons (Fsp3) is 0.458. The summed E-state index contributed by atoms with van der Waals surface area (Å²) in [4.78, 5) is 12.1. The number of hydrogen-bond donors (Lipinski definition) is 2. The predicted molar refractivity (Wildman–Crippen MR) is 116 cm³/mol. The number of anilines is 1. The van der Waals surface area contributed by atoms with E-state index in [1.165, 1.54) is 25.7 Å². The Morgan fingerprint density at radius 3 is 2.48 bits per heavy atom. The van der Waals surface area contributed by atoms with Crippen LogP contribution in [0.2, 0.25) is 0 Å². The third-order valence-electron chi connectivity index (χ3n) is 5.33. The van der Waals surface area contributed by atoms with Gasteiger partial charge in [0.15, 0.2) is 18.1 Å². The van der Waals surface area contributed by atoms with Gasteiger partial charge in [-0.3, -0.25) is 4.79 Å². The van der Waals surface area contributed by atoms with Gasteiger partial charge in [-0.25, -0.2) is 0 Å². The van der Waals surface area contributed by atoms with Crippen molar-refractivity contribution in [2.45, 2.75) is 52.1 Å². The maximum Gasteiger partial charge on any atom is 0.262 e. The molecular weight excluding hydrogens is 364 g/mol. The normalized spacial score (nSPS) is 18.8. The van der Waals surface area contributed by atoms with E-state index in [0.29, 0.717) is 24.1 Å². The van der Waals surface area contributed by atoms with Gasteiger partial charge in [-0.2, -0.15) is 0 Å². The number of rotatable bonds is 9. The van der Waals surface area contributed by atoms with Crippen molar-refractivity contribution < 1.29 is 14.3 Å².